The molecule has 2 aromatic carbocycles. The van der Waals surface area contributed by atoms with E-state index in [4.69, 9.17) is 5.11 Å². The first-order valence-corrected chi connectivity index (χ1v) is 8.66. The van der Waals surface area contributed by atoms with Gasteiger partial charge in [0.15, 0.2) is 17.6 Å². The molecular formula is C21H23NO4. The lowest BCUT2D eigenvalue weighted by Crippen LogP contribution is -2.50. The summed E-state index contributed by atoms with van der Waals surface area (Å²) in [6.45, 7) is 2.76. The van der Waals surface area contributed by atoms with Gasteiger partial charge in [-0.1, -0.05) is 49.4 Å². The van der Waals surface area contributed by atoms with Crippen molar-refractivity contribution in [2.24, 2.45) is 0 Å². The van der Waals surface area contributed by atoms with Crippen molar-refractivity contribution in [3.05, 3.63) is 60.2 Å². The molecule has 136 valence electrons. The van der Waals surface area contributed by atoms with E-state index in [1.54, 1.807) is 26.0 Å². The molecule has 0 saturated carbocycles. The van der Waals surface area contributed by atoms with Crippen molar-refractivity contribution in [2.75, 3.05) is 13.2 Å². The lowest BCUT2D eigenvalue weighted by Gasteiger charge is -2.28. The van der Waals surface area contributed by atoms with Gasteiger partial charge in [0.1, 0.15) is 6.61 Å². The van der Waals surface area contributed by atoms with Gasteiger partial charge in [0.2, 0.25) is 0 Å². The van der Waals surface area contributed by atoms with Crippen LogP contribution in [-0.2, 0) is 9.59 Å². The third-order valence-corrected chi connectivity index (χ3v) is 4.27. The predicted molar refractivity (Wildman–Crippen MR) is 99.8 cm³/mol. The summed E-state index contributed by atoms with van der Waals surface area (Å²) in [7, 11) is 0. The average Bonchev–Trinajstić information content (AvgIpc) is 2.71. The Hall–Kier alpha value is -2.79. The highest BCUT2D eigenvalue weighted by atomic mass is 16.3. The Morgan fingerprint density at radius 1 is 0.885 bits per heavy atom. The van der Waals surface area contributed by atoms with Crippen LogP contribution in [0.25, 0.3) is 11.1 Å². The Labute approximate surface area is 153 Å². The number of aliphatic hydroxyl groups excluding tert-OH is 1. The van der Waals surface area contributed by atoms with Gasteiger partial charge in [-0.3, -0.25) is 14.4 Å². The molecular weight excluding hydrogens is 330 g/mol. The van der Waals surface area contributed by atoms with E-state index in [0.717, 1.165) is 11.1 Å². The summed E-state index contributed by atoms with van der Waals surface area (Å²) in [5.74, 6) is -1.44. The Morgan fingerprint density at radius 2 is 1.46 bits per heavy atom. The number of ketones is 2. The minimum absolute atomic E-state index is 0.118. The number of benzene rings is 2. The molecule has 2 aromatic rings. The fourth-order valence-electron chi connectivity index (χ4n) is 2.85. The van der Waals surface area contributed by atoms with Gasteiger partial charge in [-0.25, -0.2) is 0 Å². The van der Waals surface area contributed by atoms with Gasteiger partial charge in [0, 0.05) is 18.5 Å². The molecule has 0 spiro atoms. The minimum atomic E-state index is -1.24. The van der Waals surface area contributed by atoms with Gasteiger partial charge in [-0.15, -0.1) is 0 Å². The number of amides is 1. The molecule has 0 fully saturated rings. The zero-order valence-corrected chi connectivity index (χ0v) is 15.0. The van der Waals surface area contributed by atoms with Crippen molar-refractivity contribution < 1.29 is 19.5 Å². The predicted octanol–water partition coefficient (Wildman–Crippen LogP) is 2.72. The molecule has 0 bridgehead atoms. The number of Topliss-reactive ketones (excluding diaryl/α,β-unsaturated/α-hetero) is 2. The van der Waals surface area contributed by atoms with Crippen LogP contribution >= 0.6 is 0 Å². The van der Waals surface area contributed by atoms with Crippen LogP contribution in [0.1, 0.15) is 30.6 Å². The number of aliphatic hydroxyl groups is 1. The average molecular weight is 353 g/mol. The molecule has 0 aliphatic rings. The van der Waals surface area contributed by atoms with Crippen LogP contribution in [0.5, 0.6) is 0 Å². The molecule has 5 nitrogen and oxygen atoms in total. The highest BCUT2D eigenvalue weighted by Crippen LogP contribution is 2.20. The van der Waals surface area contributed by atoms with Gasteiger partial charge in [0.05, 0.1) is 0 Å². The van der Waals surface area contributed by atoms with E-state index in [-0.39, 0.29) is 18.7 Å². The van der Waals surface area contributed by atoms with Gasteiger partial charge in [-0.2, -0.15) is 0 Å². The Balaban J connectivity index is 2.29. The van der Waals surface area contributed by atoms with Crippen LogP contribution in [0.15, 0.2) is 54.6 Å². The first-order chi connectivity index (χ1) is 12.5. The Morgan fingerprint density at radius 3 is 1.96 bits per heavy atom. The van der Waals surface area contributed by atoms with Crippen molar-refractivity contribution in [3.8, 4) is 11.1 Å². The Bertz CT molecular complexity index is 752. The second-order valence-corrected chi connectivity index (χ2v) is 5.88. The maximum Gasteiger partial charge on any atom is 0.254 e. The second kappa shape index (κ2) is 9.06. The van der Waals surface area contributed by atoms with Gasteiger partial charge in [0.25, 0.3) is 5.91 Å². The molecule has 0 heterocycles. The smallest absolute Gasteiger partial charge is 0.254 e. The molecule has 0 aromatic heterocycles. The number of carbonyl (C=O) groups is 3. The zero-order chi connectivity index (χ0) is 19.1. The summed E-state index contributed by atoms with van der Waals surface area (Å²) < 4.78 is 0. The molecule has 1 N–H and O–H groups in total. The molecule has 1 amide bonds. The normalized spacial score (nSPS) is 11.7. The maximum absolute atomic E-state index is 12.8. The van der Waals surface area contributed by atoms with Crippen LogP contribution < -0.4 is 0 Å². The van der Waals surface area contributed by atoms with Crippen molar-refractivity contribution in [1.82, 2.24) is 4.90 Å². The molecule has 1 atom stereocenters. The third kappa shape index (κ3) is 4.24. The fraction of sp³-hybridized carbons (Fsp3) is 0.286. The summed E-state index contributed by atoms with van der Waals surface area (Å²) >= 11 is 0. The topological polar surface area (TPSA) is 74.7 Å². The third-order valence-electron chi connectivity index (χ3n) is 4.27. The van der Waals surface area contributed by atoms with Gasteiger partial charge in [-0.05, 0) is 30.2 Å². The van der Waals surface area contributed by atoms with Crippen molar-refractivity contribution in [3.63, 3.8) is 0 Å². The van der Waals surface area contributed by atoms with Crippen LogP contribution in [0.3, 0.4) is 0 Å². The van der Waals surface area contributed by atoms with E-state index in [1.807, 2.05) is 42.5 Å². The van der Waals surface area contributed by atoms with Crippen molar-refractivity contribution in [2.45, 2.75) is 26.3 Å². The summed E-state index contributed by atoms with van der Waals surface area (Å²) in [5, 5.41) is 9.17. The lowest BCUT2D eigenvalue weighted by molar-refractivity contribution is -0.135. The van der Waals surface area contributed by atoms with E-state index >= 15 is 0 Å². The summed E-state index contributed by atoms with van der Waals surface area (Å²) in [6.07, 6.45) is 0.118. The van der Waals surface area contributed by atoms with Crippen LogP contribution in [0, 0.1) is 0 Å². The molecule has 0 aliphatic heterocycles. The number of likely N-dealkylation sites (N-methyl/N-ethyl adjacent to an activating group) is 1. The van der Waals surface area contributed by atoms with E-state index in [9.17, 15) is 14.4 Å². The second-order valence-electron chi connectivity index (χ2n) is 5.88. The standard InChI is InChI=1S/C21H23NO4/c1-3-18(24)20(19(25)14-23)22(4-2)21(26)17-12-10-16(11-13-17)15-8-6-5-7-9-15/h5-13,20,23H,3-4,14H2,1-2H3. The highest BCUT2D eigenvalue weighted by Gasteiger charge is 2.33. The largest absolute Gasteiger partial charge is 0.388 e. The van der Waals surface area contributed by atoms with E-state index in [0.29, 0.717) is 5.56 Å². The molecule has 26 heavy (non-hydrogen) atoms. The summed E-state index contributed by atoms with van der Waals surface area (Å²) in [5.41, 5.74) is 2.40. The van der Waals surface area contributed by atoms with Crippen molar-refractivity contribution >= 4 is 17.5 Å². The number of rotatable bonds is 8. The number of hydrogen-bond donors (Lipinski definition) is 1. The molecule has 1 unspecified atom stereocenters. The number of hydrogen-bond acceptors (Lipinski definition) is 4. The van der Waals surface area contributed by atoms with Crippen LogP contribution in [0.4, 0.5) is 0 Å². The quantitative estimate of drug-likeness (QED) is 0.741. The summed E-state index contributed by atoms with van der Waals surface area (Å²) in [4.78, 5) is 38.3. The van der Waals surface area contributed by atoms with E-state index < -0.39 is 24.3 Å². The van der Waals surface area contributed by atoms with Crippen LogP contribution in [0.2, 0.25) is 0 Å². The fourth-order valence-corrected chi connectivity index (χ4v) is 2.85. The minimum Gasteiger partial charge on any atom is -0.388 e. The first kappa shape index (κ1) is 19.5. The zero-order valence-electron chi connectivity index (χ0n) is 15.0. The SMILES string of the molecule is CCC(=O)C(C(=O)CO)N(CC)C(=O)c1ccc(-c2ccccc2)cc1. The molecule has 2 rings (SSSR count). The molecule has 0 aliphatic carbocycles. The monoisotopic (exact) mass is 353 g/mol. The van der Waals surface area contributed by atoms with Gasteiger partial charge < -0.3 is 10.0 Å². The number of carbonyl (C=O) groups excluding carboxylic acids is 3. The molecule has 5 heteroatoms. The van der Waals surface area contributed by atoms with E-state index in [1.165, 1.54) is 4.90 Å². The summed E-state index contributed by atoms with van der Waals surface area (Å²) in [6, 6.07) is 15.6. The first-order valence-electron chi connectivity index (χ1n) is 8.66. The van der Waals surface area contributed by atoms with Crippen molar-refractivity contribution in [1.29, 1.82) is 0 Å². The van der Waals surface area contributed by atoms with E-state index in [2.05, 4.69) is 0 Å². The molecule has 0 radical (unpaired) electrons. The molecule has 0 saturated heterocycles. The number of nitrogens with zero attached hydrogens (tertiary/aromatic N) is 1. The maximum atomic E-state index is 12.8. The van der Waals surface area contributed by atoms with Crippen LogP contribution in [-0.4, -0.2) is 46.7 Å². The lowest BCUT2D eigenvalue weighted by atomic mass is 10.0. The Kier molecular flexibility index (Phi) is 6.81. The highest BCUT2D eigenvalue weighted by molar-refractivity contribution is 6.10. The van der Waals surface area contributed by atoms with Gasteiger partial charge >= 0.3 is 0 Å².